The molecule has 2 N–H and O–H groups in total. The molecule has 1 heterocycles. The quantitative estimate of drug-likeness (QED) is 0.359. The second kappa shape index (κ2) is 11.5. The highest BCUT2D eigenvalue weighted by molar-refractivity contribution is 7.89. The van der Waals surface area contributed by atoms with Crippen molar-refractivity contribution in [3.63, 3.8) is 0 Å². The number of piperazine rings is 1. The van der Waals surface area contributed by atoms with Crippen LogP contribution in [-0.2, 0) is 10.0 Å². The van der Waals surface area contributed by atoms with Gasteiger partial charge in [-0.2, -0.15) is 0 Å². The summed E-state index contributed by atoms with van der Waals surface area (Å²) in [4.78, 5) is 12.5. The van der Waals surface area contributed by atoms with Gasteiger partial charge in [-0.3, -0.25) is 10.1 Å². The fraction of sp³-hybridized carbons (Fsp3) is 0.571. The number of nitrogens with one attached hydrogen (secondary N) is 2. The van der Waals surface area contributed by atoms with Crippen molar-refractivity contribution < 1.29 is 18.1 Å². The van der Waals surface area contributed by atoms with E-state index in [9.17, 15) is 18.5 Å². The number of methoxy groups -OCH3 is 1. The van der Waals surface area contributed by atoms with E-state index in [1.165, 1.54) is 19.2 Å². The predicted octanol–water partition coefficient (Wildman–Crippen LogP) is 1.02. The molecule has 0 unspecified atom stereocenters. The number of benzene rings is 1. The first-order valence-electron chi connectivity index (χ1n) is 7.69. The first-order chi connectivity index (χ1) is 11.4. The summed E-state index contributed by atoms with van der Waals surface area (Å²) < 4.78 is 31.9. The van der Waals surface area contributed by atoms with Crippen LogP contribution in [0.5, 0.6) is 5.75 Å². The molecule has 12 heteroatoms. The van der Waals surface area contributed by atoms with Gasteiger partial charge >= 0.3 is 5.69 Å². The molecule has 26 heavy (non-hydrogen) atoms. The molecule has 2 rings (SSSR count). The minimum atomic E-state index is -3.79. The molecule has 0 amide bonds. The van der Waals surface area contributed by atoms with Crippen LogP contribution in [0.15, 0.2) is 23.1 Å². The Labute approximate surface area is 165 Å². The molecule has 0 aliphatic carbocycles. The van der Waals surface area contributed by atoms with Crippen molar-refractivity contribution in [3.05, 3.63) is 28.3 Å². The highest BCUT2D eigenvalue weighted by Gasteiger charge is 2.21. The third kappa shape index (κ3) is 6.86. The zero-order valence-electron chi connectivity index (χ0n) is 14.3. The Balaban J connectivity index is 0.00000312. The van der Waals surface area contributed by atoms with Crippen LogP contribution in [-0.4, -0.2) is 64.6 Å². The Hall–Kier alpha value is -1.17. The van der Waals surface area contributed by atoms with Gasteiger partial charge < -0.3 is 15.0 Å². The summed E-state index contributed by atoms with van der Waals surface area (Å²) in [5.74, 6) is 0.0256. The summed E-state index contributed by atoms with van der Waals surface area (Å²) >= 11 is 0. The van der Waals surface area contributed by atoms with Crippen molar-refractivity contribution in [2.45, 2.75) is 11.3 Å². The van der Waals surface area contributed by atoms with Crippen LogP contribution in [0.4, 0.5) is 5.69 Å². The van der Waals surface area contributed by atoms with Crippen LogP contribution in [0.2, 0.25) is 0 Å². The van der Waals surface area contributed by atoms with Crippen LogP contribution < -0.4 is 14.8 Å². The van der Waals surface area contributed by atoms with E-state index in [-0.39, 0.29) is 47.7 Å². The summed E-state index contributed by atoms with van der Waals surface area (Å²) in [6.45, 7) is 4.90. The van der Waals surface area contributed by atoms with Gasteiger partial charge in [0, 0.05) is 38.8 Å². The lowest BCUT2D eigenvalue weighted by atomic mass is 10.3. The average Bonchev–Trinajstić information content (AvgIpc) is 2.59. The fourth-order valence-corrected chi connectivity index (χ4v) is 3.60. The molecule has 1 aliphatic rings. The maximum atomic E-state index is 12.3. The molecule has 9 nitrogen and oxygen atoms in total. The number of ether oxygens (including phenoxy) is 1. The Morgan fingerprint density at radius 1 is 1.31 bits per heavy atom. The van der Waals surface area contributed by atoms with E-state index in [1.807, 2.05) is 0 Å². The van der Waals surface area contributed by atoms with Gasteiger partial charge in [0.2, 0.25) is 10.0 Å². The van der Waals surface area contributed by atoms with Gasteiger partial charge in [0.25, 0.3) is 0 Å². The van der Waals surface area contributed by atoms with Gasteiger partial charge in [0.15, 0.2) is 5.75 Å². The zero-order chi connectivity index (χ0) is 17.6. The van der Waals surface area contributed by atoms with Crippen LogP contribution in [0.25, 0.3) is 0 Å². The average molecular weight is 431 g/mol. The Morgan fingerprint density at radius 3 is 2.54 bits per heavy atom. The lowest BCUT2D eigenvalue weighted by Gasteiger charge is -2.27. The number of rotatable bonds is 8. The predicted molar refractivity (Wildman–Crippen MR) is 103 cm³/mol. The van der Waals surface area contributed by atoms with Gasteiger partial charge in [-0.15, -0.1) is 24.8 Å². The third-order valence-corrected chi connectivity index (χ3v) is 5.27. The van der Waals surface area contributed by atoms with Gasteiger partial charge in [0.05, 0.1) is 16.9 Å². The van der Waals surface area contributed by atoms with Crippen LogP contribution >= 0.6 is 24.8 Å². The second-order valence-electron chi connectivity index (χ2n) is 5.43. The summed E-state index contributed by atoms with van der Waals surface area (Å²) in [7, 11) is -2.49. The normalized spacial score (nSPS) is 14.8. The summed E-state index contributed by atoms with van der Waals surface area (Å²) in [5, 5.41) is 14.3. The third-order valence-electron chi connectivity index (χ3n) is 3.81. The van der Waals surface area contributed by atoms with E-state index < -0.39 is 14.9 Å². The van der Waals surface area contributed by atoms with E-state index in [1.54, 1.807) is 0 Å². The highest BCUT2D eigenvalue weighted by Crippen LogP contribution is 2.29. The van der Waals surface area contributed by atoms with Crippen molar-refractivity contribution in [3.8, 4) is 5.75 Å². The Morgan fingerprint density at radius 2 is 1.96 bits per heavy atom. The minimum Gasteiger partial charge on any atom is -0.490 e. The molecule has 1 aromatic rings. The molecular formula is C14H24Cl2N4O5S. The Bertz CT molecular complexity index is 684. The molecule has 0 spiro atoms. The maximum Gasteiger partial charge on any atom is 0.312 e. The largest absolute Gasteiger partial charge is 0.490 e. The molecule has 1 aliphatic heterocycles. The van der Waals surface area contributed by atoms with Crippen LogP contribution in [0, 0.1) is 10.1 Å². The SMILES string of the molecule is COc1ccc(S(=O)(=O)NCCCN2CCNCC2)cc1[N+](=O)[O-].Cl.Cl. The number of nitrogens with zero attached hydrogens (tertiary/aromatic N) is 2. The van der Waals surface area contributed by atoms with E-state index >= 15 is 0 Å². The molecule has 1 aromatic carbocycles. The molecule has 150 valence electrons. The lowest BCUT2D eigenvalue weighted by molar-refractivity contribution is -0.386. The van der Waals surface area contributed by atoms with E-state index in [0.717, 1.165) is 38.8 Å². The summed E-state index contributed by atoms with van der Waals surface area (Å²) in [6, 6.07) is 3.59. The molecule has 0 radical (unpaired) electrons. The summed E-state index contributed by atoms with van der Waals surface area (Å²) in [6.07, 6.45) is 0.678. The monoisotopic (exact) mass is 430 g/mol. The molecule has 0 atom stereocenters. The van der Waals surface area contributed by atoms with Crippen LogP contribution in [0.1, 0.15) is 6.42 Å². The van der Waals surface area contributed by atoms with Gasteiger partial charge in [-0.1, -0.05) is 0 Å². The number of hydrogen-bond donors (Lipinski definition) is 2. The van der Waals surface area contributed by atoms with Crippen molar-refractivity contribution >= 4 is 40.5 Å². The number of hydrogen-bond acceptors (Lipinski definition) is 7. The number of nitro benzene ring substituents is 1. The van der Waals surface area contributed by atoms with Crippen molar-refractivity contribution in [1.82, 2.24) is 14.9 Å². The van der Waals surface area contributed by atoms with E-state index in [2.05, 4.69) is 14.9 Å². The first kappa shape index (κ1) is 24.8. The molecule has 1 fully saturated rings. The second-order valence-corrected chi connectivity index (χ2v) is 7.20. The first-order valence-corrected chi connectivity index (χ1v) is 9.17. The molecule has 0 saturated carbocycles. The van der Waals surface area contributed by atoms with E-state index in [0.29, 0.717) is 6.42 Å². The highest BCUT2D eigenvalue weighted by atomic mass is 35.5. The van der Waals surface area contributed by atoms with Crippen molar-refractivity contribution in [2.75, 3.05) is 46.4 Å². The zero-order valence-corrected chi connectivity index (χ0v) is 16.8. The number of nitro groups is 1. The smallest absolute Gasteiger partial charge is 0.312 e. The van der Waals surface area contributed by atoms with Gasteiger partial charge in [-0.25, -0.2) is 13.1 Å². The molecular weight excluding hydrogens is 407 g/mol. The van der Waals surface area contributed by atoms with Crippen molar-refractivity contribution in [2.24, 2.45) is 0 Å². The van der Waals surface area contributed by atoms with Gasteiger partial charge in [-0.05, 0) is 25.1 Å². The summed E-state index contributed by atoms with van der Waals surface area (Å²) in [5.41, 5.74) is -0.374. The standard InChI is InChI=1S/C14H22N4O5S.2ClH/c1-23-14-4-3-12(11-13(14)18(19)20)24(21,22)16-5-2-8-17-9-6-15-7-10-17;;/h3-4,11,15-16H,2,5-10H2,1H3;2*1H. The number of halogens is 2. The van der Waals surface area contributed by atoms with Crippen molar-refractivity contribution in [1.29, 1.82) is 0 Å². The minimum absolute atomic E-state index is 0. The van der Waals surface area contributed by atoms with E-state index in [4.69, 9.17) is 4.74 Å². The topological polar surface area (TPSA) is 114 Å². The lowest BCUT2D eigenvalue weighted by Crippen LogP contribution is -2.44. The van der Waals surface area contributed by atoms with Crippen LogP contribution in [0.3, 0.4) is 0 Å². The number of sulfonamides is 1. The molecule has 0 aromatic heterocycles. The molecule has 1 saturated heterocycles. The Kier molecular flexibility index (Phi) is 11.0. The van der Waals surface area contributed by atoms with Gasteiger partial charge in [0.1, 0.15) is 0 Å². The molecule has 0 bridgehead atoms. The maximum absolute atomic E-state index is 12.3. The fourth-order valence-electron chi connectivity index (χ4n) is 2.51.